The van der Waals surface area contributed by atoms with Gasteiger partial charge in [0.2, 0.25) is 21.8 Å². The van der Waals surface area contributed by atoms with E-state index in [1.165, 1.54) is 0 Å². The van der Waals surface area contributed by atoms with Gasteiger partial charge in [-0.2, -0.15) is 0 Å². The summed E-state index contributed by atoms with van der Waals surface area (Å²) >= 11 is 0. The van der Waals surface area contributed by atoms with E-state index in [1.807, 2.05) is 0 Å². The summed E-state index contributed by atoms with van der Waals surface area (Å²) in [6.45, 7) is 0. The second-order valence-corrected chi connectivity index (χ2v) is 11.8. The molecule has 5 N–H and O–H groups in total. The molecule has 0 aromatic heterocycles. The highest BCUT2D eigenvalue weighted by molar-refractivity contribution is 7.89. The lowest BCUT2D eigenvalue weighted by Crippen LogP contribution is -2.43. The molecule has 11 heteroatoms. The van der Waals surface area contributed by atoms with E-state index in [0.29, 0.717) is 48.6 Å². The van der Waals surface area contributed by atoms with Gasteiger partial charge in [-0.1, -0.05) is 25.7 Å². The number of primary sulfonamides is 1. The molecular formula is C27H33N3O7S. The van der Waals surface area contributed by atoms with Crippen molar-refractivity contribution in [3.63, 3.8) is 0 Å². The van der Waals surface area contributed by atoms with Crippen LogP contribution in [0.4, 0.5) is 11.4 Å². The van der Waals surface area contributed by atoms with E-state index < -0.39 is 39.0 Å². The third-order valence-corrected chi connectivity index (χ3v) is 8.77. The number of anilines is 2. The quantitative estimate of drug-likeness (QED) is 0.389. The molecule has 2 aliphatic carbocycles. The molecule has 4 rings (SSSR count). The zero-order valence-corrected chi connectivity index (χ0v) is 21.8. The van der Waals surface area contributed by atoms with Crippen LogP contribution < -0.4 is 20.5 Å². The minimum Gasteiger partial charge on any atom is -0.481 e. The first-order valence-corrected chi connectivity index (χ1v) is 14.5. The fraction of sp³-hybridized carbons (Fsp3) is 0.444. The van der Waals surface area contributed by atoms with Crippen LogP contribution in [0.1, 0.15) is 51.4 Å². The smallest absolute Gasteiger partial charge is 0.307 e. The Kier molecular flexibility index (Phi) is 8.68. The van der Waals surface area contributed by atoms with Crippen LogP contribution in [-0.4, -0.2) is 36.6 Å². The highest BCUT2D eigenvalue weighted by atomic mass is 32.2. The van der Waals surface area contributed by atoms with E-state index in [0.717, 1.165) is 25.7 Å². The lowest BCUT2D eigenvalue weighted by atomic mass is 9.78. The lowest BCUT2D eigenvalue weighted by Gasteiger charge is -2.28. The Labute approximate surface area is 222 Å². The Morgan fingerprint density at radius 2 is 1.13 bits per heavy atom. The molecule has 0 bridgehead atoms. The maximum atomic E-state index is 12.7. The molecule has 204 valence electrons. The monoisotopic (exact) mass is 543 g/mol. The third-order valence-electron chi connectivity index (χ3n) is 7.36. The van der Waals surface area contributed by atoms with Gasteiger partial charge in [0, 0.05) is 11.4 Å². The Morgan fingerprint density at radius 1 is 0.711 bits per heavy atom. The molecule has 38 heavy (non-hydrogen) atoms. The minimum atomic E-state index is -3.80. The summed E-state index contributed by atoms with van der Waals surface area (Å²) in [5.41, 5.74) is 1.07. The van der Waals surface area contributed by atoms with Gasteiger partial charge in [0.1, 0.15) is 11.5 Å². The number of carboxylic acid groups (broad SMARTS) is 1. The van der Waals surface area contributed by atoms with Crippen LogP contribution in [0, 0.1) is 17.8 Å². The summed E-state index contributed by atoms with van der Waals surface area (Å²) in [4.78, 5) is 36.9. The van der Waals surface area contributed by atoms with Crippen molar-refractivity contribution in [2.75, 3.05) is 10.6 Å². The van der Waals surface area contributed by atoms with Gasteiger partial charge < -0.3 is 20.5 Å². The van der Waals surface area contributed by atoms with Crippen LogP contribution in [0.5, 0.6) is 11.5 Å². The van der Waals surface area contributed by atoms with Crippen LogP contribution in [0.15, 0.2) is 48.5 Å². The summed E-state index contributed by atoms with van der Waals surface area (Å²) in [6, 6.07) is 13.4. The second-order valence-electron chi connectivity index (χ2n) is 9.98. The predicted octanol–water partition coefficient (Wildman–Crippen LogP) is 4.09. The van der Waals surface area contributed by atoms with Crippen molar-refractivity contribution in [1.29, 1.82) is 0 Å². The molecule has 2 fully saturated rings. The molecule has 2 saturated carbocycles. The van der Waals surface area contributed by atoms with Crippen molar-refractivity contribution in [2.45, 2.75) is 56.6 Å². The molecule has 4 atom stereocenters. The largest absolute Gasteiger partial charge is 0.481 e. The normalized spacial score (nSPS) is 23.7. The number of ether oxygens (including phenoxy) is 1. The molecule has 2 amide bonds. The fourth-order valence-corrected chi connectivity index (χ4v) is 6.56. The number of amides is 2. The number of carboxylic acids is 1. The zero-order valence-electron chi connectivity index (χ0n) is 21.0. The van der Waals surface area contributed by atoms with Crippen LogP contribution in [0.2, 0.25) is 0 Å². The molecule has 10 nitrogen and oxygen atoms in total. The van der Waals surface area contributed by atoms with E-state index in [9.17, 15) is 27.9 Å². The number of benzene rings is 2. The number of hydrogen-bond donors (Lipinski definition) is 4. The molecule has 0 spiro atoms. The van der Waals surface area contributed by atoms with Crippen LogP contribution >= 0.6 is 0 Å². The van der Waals surface area contributed by atoms with Crippen molar-refractivity contribution in [2.24, 2.45) is 22.9 Å². The van der Waals surface area contributed by atoms with Crippen LogP contribution in [0.25, 0.3) is 0 Å². The summed E-state index contributed by atoms with van der Waals surface area (Å²) in [7, 11) is -3.80. The van der Waals surface area contributed by atoms with Crippen molar-refractivity contribution >= 4 is 39.2 Å². The van der Waals surface area contributed by atoms with E-state index in [1.54, 1.807) is 48.5 Å². The molecule has 0 radical (unpaired) electrons. The molecule has 2 aromatic rings. The van der Waals surface area contributed by atoms with Crippen molar-refractivity contribution in [3.8, 4) is 11.5 Å². The van der Waals surface area contributed by atoms with Crippen molar-refractivity contribution < 1.29 is 32.6 Å². The fourth-order valence-electron chi connectivity index (χ4n) is 5.35. The molecule has 2 aliphatic rings. The van der Waals surface area contributed by atoms with Gasteiger partial charge in [-0.15, -0.1) is 0 Å². The number of carbonyl (C=O) groups is 3. The minimum absolute atomic E-state index is 0.285. The van der Waals surface area contributed by atoms with E-state index in [-0.39, 0.29) is 11.8 Å². The van der Waals surface area contributed by atoms with Crippen molar-refractivity contribution in [3.05, 3.63) is 48.5 Å². The van der Waals surface area contributed by atoms with E-state index >= 15 is 0 Å². The van der Waals surface area contributed by atoms with Crippen LogP contribution in [-0.2, 0) is 24.4 Å². The van der Waals surface area contributed by atoms with E-state index in [4.69, 9.17) is 9.88 Å². The zero-order chi connectivity index (χ0) is 27.3. The summed E-state index contributed by atoms with van der Waals surface area (Å²) in [5, 5.41) is 19.5. The summed E-state index contributed by atoms with van der Waals surface area (Å²) in [6.07, 6.45) is 5.11. The average molecular weight is 544 g/mol. The number of aliphatic carboxylic acids is 1. The average Bonchev–Trinajstić information content (AvgIpc) is 2.90. The first-order valence-electron chi connectivity index (χ1n) is 12.9. The number of nitrogens with two attached hydrogens (primary N) is 1. The first-order chi connectivity index (χ1) is 18.1. The summed E-state index contributed by atoms with van der Waals surface area (Å²) < 4.78 is 29.6. The Balaban J connectivity index is 1.32. The van der Waals surface area contributed by atoms with Gasteiger partial charge in [-0.25, -0.2) is 13.6 Å². The Hall–Kier alpha value is -3.44. The number of hydrogen-bond acceptors (Lipinski definition) is 6. The lowest BCUT2D eigenvalue weighted by molar-refractivity contribution is -0.147. The SMILES string of the molecule is NS(=O)(=O)C1CCCCC1C(=O)Nc1ccc(Oc2ccc(NC(=O)C3CCCCC3C(=O)O)cc2)cc1. The Morgan fingerprint density at radius 3 is 1.61 bits per heavy atom. The van der Waals surface area contributed by atoms with Crippen molar-refractivity contribution in [1.82, 2.24) is 0 Å². The van der Waals surface area contributed by atoms with E-state index in [2.05, 4.69) is 10.6 Å². The third kappa shape index (κ3) is 6.90. The summed E-state index contributed by atoms with van der Waals surface area (Å²) in [5.74, 6) is -2.41. The van der Waals surface area contributed by atoms with Gasteiger partial charge in [-0.05, 0) is 74.2 Å². The highest BCUT2D eigenvalue weighted by Crippen LogP contribution is 2.32. The molecule has 2 aromatic carbocycles. The maximum absolute atomic E-state index is 12.7. The molecule has 0 heterocycles. The Bertz CT molecular complexity index is 1260. The molecule has 4 unspecified atom stereocenters. The molecule has 0 aliphatic heterocycles. The molecular weight excluding hydrogens is 510 g/mol. The number of sulfonamides is 1. The highest BCUT2D eigenvalue weighted by Gasteiger charge is 2.38. The van der Waals surface area contributed by atoms with Gasteiger partial charge in [0.15, 0.2) is 0 Å². The number of nitrogens with one attached hydrogen (secondary N) is 2. The predicted molar refractivity (Wildman–Crippen MR) is 142 cm³/mol. The molecule has 0 saturated heterocycles. The van der Waals surface area contributed by atoms with Gasteiger partial charge in [0.05, 0.1) is 23.0 Å². The maximum Gasteiger partial charge on any atom is 0.307 e. The first kappa shape index (κ1) is 27.6. The second kappa shape index (κ2) is 12.0. The van der Waals surface area contributed by atoms with Gasteiger partial charge in [0.25, 0.3) is 0 Å². The van der Waals surface area contributed by atoms with Crippen LogP contribution in [0.3, 0.4) is 0 Å². The topological polar surface area (TPSA) is 165 Å². The standard InChI is InChI=1S/C27H33N3O7S/c28-38(35,36)24-8-4-3-7-23(24)26(32)30-18-11-15-20(16-12-18)37-19-13-9-17(10-14-19)29-25(31)21-5-1-2-6-22(21)27(33)34/h9-16,21-24H,1-8H2,(H,29,31)(H,30,32)(H,33,34)(H2,28,35,36). The number of rotatable bonds is 8. The number of carbonyl (C=O) groups excluding carboxylic acids is 2. The van der Waals surface area contributed by atoms with Gasteiger partial charge in [-0.3, -0.25) is 14.4 Å². The van der Waals surface area contributed by atoms with Gasteiger partial charge >= 0.3 is 5.97 Å².